The number of hydrogen-bond acceptors (Lipinski definition) is 4. The van der Waals surface area contributed by atoms with E-state index in [1.165, 1.54) is 15.9 Å². The van der Waals surface area contributed by atoms with Crippen LogP contribution in [0, 0.1) is 0 Å². The Kier molecular flexibility index (Phi) is 6.38. The van der Waals surface area contributed by atoms with Crippen molar-refractivity contribution in [1.29, 1.82) is 0 Å². The monoisotopic (exact) mass is 489 g/mol. The molecule has 2 N–H and O–H groups in total. The van der Waals surface area contributed by atoms with Gasteiger partial charge in [0, 0.05) is 37.7 Å². The Hall–Kier alpha value is -3.16. The lowest BCUT2D eigenvalue weighted by atomic mass is 9.79. The maximum atomic E-state index is 13.6. The molecule has 1 amide bonds. The summed E-state index contributed by atoms with van der Waals surface area (Å²) >= 11 is 0. The number of fused-ring (bicyclic) bond motifs is 1. The summed E-state index contributed by atoms with van der Waals surface area (Å²) in [5.41, 5.74) is 4.03. The molecule has 7 heteroatoms. The van der Waals surface area contributed by atoms with Gasteiger partial charge in [-0.1, -0.05) is 67.4 Å². The van der Waals surface area contributed by atoms with Crippen LogP contribution >= 0.6 is 0 Å². The van der Waals surface area contributed by atoms with Gasteiger partial charge in [-0.2, -0.15) is 4.31 Å². The number of nitrogens with one attached hydrogen (secondary N) is 2. The molecule has 0 atom stereocenters. The number of carbonyl (C=O) groups excluding carboxylic acids is 1. The number of rotatable bonds is 7. The van der Waals surface area contributed by atoms with Gasteiger partial charge in [-0.05, 0) is 47.7 Å². The minimum atomic E-state index is -3.80. The zero-order valence-corrected chi connectivity index (χ0v) is 20.8. The van der Waals surface area contributed by atoms with Crippen LogP contribution in [-0.2, 0) is 28.5 Å². The van der Waals surface area contributed by atoms with Crippen molar-refractivity contribution in [3.05, 3.63) is 95.1 Å². The summed E-state index contributed by atoms with van der Waals surface area (Å²) in [5, 5.41) is 6.09. The molecule has 3 aromatic rings. The van der Waals surface area contributed by atoms with Gasteiger partial charge in [-0.25, -0.2) is 8.42 Å². The smallest absolute Gasteiger partial charge is 0.251 e. The molecule has 1 aliphatic heterocycles. The van der Waals surface area contributed by atoms with Crippen LogP contribution in [0.15, 0.2) is 77.7 Å². The van der Waals surface area contributed by atoms with Crippen molar-refractivity contribution in [2.45, 2.75) is 49.1 Å². The molecule has 5 rings (SSSR count). The number of amides is 1. The van der Waals surface area contributed by atoms with Gasteiger partial charge in [0.2, 0.25) is 10.0 Å². The molecular weight excluding hydrogens is 458 g/mol. The quantitative estimate of drug-likeness (QED) is 0.505. The largest absolute Gasteiger partial charge is 0.387 e. The fourth-order valence-corrected chi connectivity index (χ4v) is 7.08. The third kappa shape index (κ3) is 4.46. The van der Waals surface area contributed by atoms with Crippen LogP contribution in [-0.4, -0.2) is 32.2 Å². The highest BCUT2D eigenvalue weighted by molar-refractivity contribution is 7.89. The zero-order valence-electron chi connectivity index (χ0n) is 20.0. The minimum Gasteiger partial charge on any atom is -0.387 e. The molecule has 1 saturated carbocycles. The van der Waals surface area contributed by atoms with E-state index in [9.17, 15) is 13.2 Å². The van der Waals surface area contributed by atoms with Crippen LogP contribution in [0.1, 0.15) is 52.7 Å². The third-order valence-electron chi connectivity index (χ3n) is 7.48. The molecule has 0 unspecified atom stereocenters. The summed E-state index contributed by atoms with van der Waals surface area (Å²) in [7, 11) is -2.11. The van der Waals surface area contributed by atoms with Gasteiger partial charge in [0.25, 0.3) is 5.91 Å². The average molecular weight is 490 g/mol. The van der Waals surface area contributed by atoms with Crippen LogP contribution in [0.4, 0.5) is 5.69 Å². The first-order valence-corrected chi connectivity index (χ1v) is 13.6. The lowest BCUT2D eigenvalue weighted by Gasteiger charge is -2.30. The summed E-state index contributed by atoms with van der Waals surface area (Å²) in [6, 6.07) is 23.0. The van der Waals surface area contributed by atoms with Crippen molar-refractivity contribution < 1.29 is 13.2 Å². The second kappa shape index (κ2) is 9.47. The van der Waals surface area contributed by atoms with E-state index in [0.717, 1.165) is 36.8 Å². The summed E-state index contributed by atoms with van der Waals surface area (Å²) in [6.07, 6.45) is 4.35. The Morgan fingerprint density at radius 1 is 0.914 bits per heavy atom. The van der Waals surface area contributed by atoms with Gasteiger partial charge < -0.3 is 10.6 Å². The second-order valence-corrected chi connectivity index (χ2v) is 11.4. The Labute approximate surface area is 207 Å². The number of carbonyl (C=O) groups is 1. The lowest BCUT2D eigenvalue weighted by molar-refractivity contribution is 0.0943. The number of hydrogen-bond donors (Lipinski definition) is 2. The van der Waals surface area contributed by atoms with Crippen LogP contribution < -0.4 is 10.6 Å². The molecule has 1 aliphatic carbocycles. The molecule has 1 heterocycles. The predicted octanol–water partition coefficient (Wildman–Crippen LogP) is 4.67. The van der Waals surface area contributed by atoms with Crippen molar-refractivity contribution in [2.24, 2.45) is 0 Å². The van der Waals surface area contributed by atoms with E-state index in [1.807, 2.05) is 42.5 Å². The molecule has 0 bridgehead atoms. The van der Waals surface area contributed by atoms with Gasteiger partial charge in [0.05, 0.1) is 5.69 Å². The van der Waals surface area contributed by atoms with Crippen molar-refractivity contribution in [3.8, 4) is 0 Å². The van der Waals surface area contributed by atoms with Gasteiger partial charge in [-0.3, -0.25) is 4.79 Å². The summed E-state index contributed by atoms with van der Waals surface area (Å²) in [4.78, 5) is 13.3. The van der Waals surface area contributed by atoms with Gasteiger partial charge in [0.1, 0.15) is 4.90 Å². The van der Waals surface area contributed by atoms with E-state index < -0.39 is 10.0 Å². The topological polar surface area (TPSA) is 78.5 Å². The average Bonchev–Trinajstić information content (AvgIpc) is 3.56. The number of sulfonamides is 1. The zero-order chi connectivity index (χ0) is 24.5. The highest BCUT2D eigenvalue weighted by atomic mass is 32.2. The molecule has 0 aromatic heterocycles. The first-order chi connectivity index (χ1) is 16.9. The Balaban J connectivity index is 1.38. The fourth-order valence-electron chi connectivity index (χ4n) is 5.46. The lowest BCUT2D eigenvalue weighted by Crippen LogP contribution is -2.39. The van der Waals surface area contributed by atoms with Crippen LogP contribution in [0.3, 0.4) is 0 Å². The van der Waals surface area contributed by atoms with Gasteiger partial charge >= 0.3 is 0 Å². The van der Waals surface area contributed by atoms with E-state index in [-0.39, 0.29) is 16.2 Å². The van der Waals surface area contributed by atoms with Crippen LogP contribution in [0.25, 0.3) is 0 Å². The van der Waals surface area contributed by atoms with Crippen LogP contribution in [0.2, 0.25) is 0 Å². The summed E-state index contributed by atoms with van der Waals surface area (Å²) in [5.74, 6) is -0.254. The maximum Gasteiger partial charge on any atom is 0.251 e. The van der Waals surface area contributed by atoms with Gasteiger partial charge in [-0.15, -0.1) is 0 Å². The van der Waals surface area contributed by atoms with E-state index in [4.69, 9.17) is 0 Å². The molecule has 0 saturated heterocycles. The van der Waals surface area contributed by atoms with Crippen LogP contribution in [0.5, 0.6) is 0 Å². The van der Waals surface area contributed by atoms with Crippen molar-refractivity contribution in [3.63, 3.8) is 0 Å². The van der Waals surface area contributed by atoms with Crippen molar-refractivity contribution in [1.82, 2.24) is 9.62 Å². The van der Waals surface area contributed by atoms with E-state index in [0.29, 0.717) is 30.9 Å². The molecular formula is C28H31N3O3S. The first kappa shape index (κ1) is 23.6. The number of anilines is 1. The molecule has 0 spiro atoms. The van der Waals surface area contributed by atoms with E-state index in [2.05, 4.69) is 22.8 Å². The molecule has 35 heavy (non-hydrogen) atoms. The number of benzene rings is 3. The van der Waals surface area contributed by atoms with E-state index in [1.54, 1.807) is 19.2 Å². The normalized spacial score (nSPS) is 17.2. The fraction of sp³-hybridized carbons (Fsp3) is 0.321. The maximum absolute atomic E-state index is 13.6. The SMILES string of the molecule is CNc1ccc(C(=O)NCC2(c3ccccc3)CCCC2)cc1S(=O)(=O)N1Cc2ccccc2C1. The first-order valence-electron chi connectivity index (χ1n) is 12.2. The summed E-state index contributed by atoms with van der Waals surface area (Å²) < 4.78 is 28.7. The Morgan fingerprint density at radius 2 is 1.54 bits per heavy atom. The number of nitrogens with zero attached hydrogens (tertiary/aromatic N) is 1. The van der Waals surface area contributed by atoms with Gasteiger partial charge in [0.15, 0.2) is 0 Å². The highest BCUT2D eigenvalue weighted by Gasteiger charge is 2.36. The molecule has 182 valence electrons. The van der Waals surface area contributed by atoms with E-state index >= 15 is 0 Å². The molecule has 6 nitrogen and oxygen atoms in total. The summed E-state index contributed by atoms with van der Waals surface area (Å²) in [6.45, 7) is 1.20. The molecule has 3 aromatic carbocycles. The molecule has 1 fully saturated rings. The molecule has 0 radical (unpaired) electrons. The Bertz CT molecular complexity index is 1310. The van der Waals surface area contributed by atoms with Crippen molar-refractivity contribution >= 4 is 21.6 Å². The molecule has 2 aliphatic rings. The van der Waals surface area contributed by atoms with Crippen molar-refractivity contribution in [2.75, 3.05) is 18.9 Å². The predicted molar refractivity (Wildman–Crippen MR) is 138 cm³/mol. The standard InChI is InChI=1S/C28H31N3O3S/c1-29-25-14-13-21(17-26(25)35(33,34)31-18-22-9-5-6-10-23(22)19-31)27(32)30-20-28(15-7-8-16-28)24-11-3-2-4-12-24/h2-6,9-14,17,29H,7-8,15-16,18-20H2,1H3,(H,30,32). The Morgan fingerprint density at radius 3 is 2.17 bits per heavy atom. The highest BCUT2D eigenvalue weighted by Crippen LogP contribution is 2.40. The third-order valence-corrected chi connectivity index (χ3v) is 9.31. The second-order valence-electron chi connectivity index (χ2n) is 9.54. The minimum absolute atomic E-state index is 0.0714.